The zero-order valence-electron chi connectivity index (χ0n) is 10.9. The summed E-state index contributed by atoms with van der Waals surface area (Å²) in [5, 5.41) is 20.9. The van der Waals surface area contributed by atoms with Crippen LogP contribution in [0.1, 0.15) is 30.5 Å². The first-order chi connectivity index (χ1) is 9.38. The molecule has 1 aromatic carbocycles. The molecule has 1 amide bonds. The van der Waals surface area contributed by atoms with Crippen molar-refractivity contribution in [3.8, 4) is 5.75 Å². The van der Waals surface area contributed by atoms with E-state index >= 15 is 0 Å². The van der Waals surface area contributed by atoms with E-state index in [1.165, 1.54) is 23.5 Å². The molecule has 0 fully saturated rings. The first-order valence-electron chi connectivity index (χ1n) is 5.83. The predicted molar refractivity (Wildman–Crippen MR) is 76.8 cm³/mol. The van der Waals surface area contributed by atoms with Gasteiger partial charge in [0.1, 0.15) is 5.75 Å². The number of hydrogen-bond acceptors (Lipinski definition) is 4. The summed E-state index contributed by atoms with van der Waals surface area (Å²) in [5.74, 6) is -1.74. The molecule has 2 aromatic rings. The molecule has 1 heterocycles. The molecule has 0 saturated heterocycles. The number of carboxylic acid groups (broad SMARTS) is 1. The molecule has 1 aromatic heterocycles. The van der Waals surface area contributed by atoms with Crippen LogP contribution in [0.25, 0.3) is 0 Å². The van der Waals surface area contributed by atoms with E-state index in [1.807, 2.05) is 13.8 Å². The van der Waals surface area contributed by atoms with Crippen LogP contribution in [0.2, 0.25) is 0 Å². The summed E-state index contributed by atoms with van der Waals surface area (Å²) < 4.78 is 0. The Morgan fingerprint density at radius 2 is 1.90 bits per heavy atom. The number of carbonyl (C=O) groups excluding carboxylic acids is 1. The molecule has 0 radical (unpaired) electrons. The molecular formula is C14H13NO4S. The quantitative estimate of drug-likeness (QED) is 0.759. The van der Waals surface area contributed by atoms with Crippen LogP contribution in [-0.2, 0) is 0 Å². The second kappa shape index (κ2) is 5.34. The number of aromatic carboxylic acids is 1. The maximum Gasteiger partial charge on any atom is 0.337 e. The molecule has 0 aliphatic heterocycles. The Morgan fingerprint density at radius 3 is 2.45 bits per heavy atom. The molecule has 0 bridgehead atoms. The number of nitrogens with one attached hydrogen (secondary N) is 1. The topological polar surface area (TPSA) is 86.6 Å². The average molecular weight is 291 g/mol. The van der Waals surface area contributed by atoms with Gasteiger partial charge in [-0.2, -0.15) is 0 Å². The van der Waals surface area contributed by atoms with Crippen molar-refractivity contribution < 1.29 is 19.8 Å². The molecule has 0 unspecified atom stereocenters. The molecule has 0 aliphatic carbocycles. The Kier molecular flexibility index (Phi) is 3.76. The molecule has 5 nitrogen and oxygen atoms in total. The number of hydrogen-bond donors (Lipinski definition) is 3. The number of benzene rings is 1. The van der Waals surface area contributed by atoms with Crippen LogP contribution in [0.15, 0.2) is 24.3 Å². The molecule has 0 atom stereocenters. The van der Waals surface area contributed by atoms with Gasteiger partial charge >= 0.3 is 5.97 Å². The summed E-state index contributed by atoms with van der Waals surface area (Å²) in [6.07, 6.45) is 0. The number of aryl methyl sites for hydroxylation is 2. The fourth-order valence-corrected chi connectivity index (χ4v) is 2.62. The highest BCUT2D eigenvalue weighted by Crippen LogP contribution is 2.25. The van der Waals surface area contributed by atoms with E-state index in [2.05, 4.69) is 5.32 Å². The third-order valence-corrected chi connectivity index (χ3v) is 4.02. The Morgan fingerprint density at radius 1 is 1.20 bits per heavy atom. The lowest BCUT2D eigenvalue weighted by molar-refractivity contribution is 0.0697. The van der Waals surface area contributed by atoms with Gasteiger partial charge in [0.2, 0.25) is 0 Å². The number of anilines is 1. The normalized spacial score (nSPS) is 10.3. The number of carbonyl (C=O) groups is 2. The minimum absolute atomic E-state index is 0.150. The van der Waals surface area contributed by atoms with Crippen molar-refractivity contribution in [2.45, 2.75) is 13.8 Å². The van der Waals surface area contributed by atoms with Crippen LogP contribution in [-0.4, -0.2) is 22.1 Å². The summed E-state index contributed by atoms with van der Waals surface area (Å²) in [5.41, 5.74) is 1.02. The highest BCUT2D eigenvalue weighted by Gasteiger charge is 2.16. The number of phenols is 1. The van der Waals surface area contributed by atoms with Crippen LogP contribution in [0.4, 0.5) is 5.69 Å². The SMILES string of the molecule is Cc1cc(C(=O)Nc2ccc(O)cc2C(=O)O)sc1C. The van der Waals surface area contributed by atoms with Gasteiger partial charge in [0.05, 0.1) is 16.1 Å². The van der Waals surface area contributed by atoms with Crippen LogP contribution in [0.3, 0.4) is 0 Å². The van der Waals surface area contributed by atoms with Crippen molar-refractivity contribution in [1.29, 1.82) is 0 Å². The number of phenolic OH excluding ortho intramolecular Hbond substituents is 1. The number of thiophene rings is 1. The van der Waals surface area contributed by atoms with Crippen LogP contribution >= 0.6 is 11.3 Å². The lowest BCUT2D eigenvalue weighted by Gasteiger charge is -2.07. The number of carboxylic acids is 1. The summed E-state index contributed by atoms with van der Waals surface area (Å²) in [6.45, 7) is 3.83. The number of amides is 1. The van der Waals surface area contributed by atoms with Gasteiger partial charge < -0.3 is 15.5 Å². The minimum atomic E-state index is -1.21. The largest absolute Gasteiger partial charge is 0.508 e. The number of aromatic hydroxyl groups is 1. The van der Waals surface area contributed by atoms with Crippen LogP contribution < -0.4 is 5.32 Å². The van der Waals surface area contributed by atoms with E-state index < -0.39 is 5.97 Å². The third-order valence-electron chi connectivity index (χ3n) is 2.87. The summed E-state index contributed by atoms with van der Waals surface area (Å²) in [4.78, 5) is 24.7. The Labute approximate surface area is 119 Å². The summed E-state index contributed by atoms with van der Waals surface area (Å²) in [6, 6.07) is 5.55. The van der Waals surface area contributed by atoms with Crippen LogP contribution in [0.5, 0.6) is 5.75 Å². The summed E-state index contributed by atoms with van der Waals surface area (Å²) >= 11 is 1.35. The van der Waals surface area contributed by atoms with Crippen molar-refractivity contribution in [2.75, 3.05) is 5.32 Å². The highest BCUT2D eigenvalue weighted by molar-refractivity contribution is 7.14. The molecular weight excluding hydrogens is 278 g/mol. The van der Waals surface area contributed by atoms with Gasteiger partial charge in [-0.1, -0.05) is 0 Å². The maximum atomic E-state index is 12.1. The maximum absolute atomic E-state index is 12.1. The van der Waals surface area contributed by atoms with Crippen LogP contribution in [0, 0.1) is 13.8 Å². The van der Waals surface area contributed by atoms with E-state index in [0.717, 1.165) is 16.5 Å². The zero-order valence-corrected chi connectivity index (χ0v) is 11.7. The first kappa shape index (κ1) is 14.1. The fourth-order valence-electron chi connectivity index (χ4n) is 1.69. The summed E-state index contributed by atoms with van der Waals surface area (Å²) in [7, 11) is 0. The van der Waals surface area contributed by atoms with E-state index in [1.54, 1.807) is 6.07 Å². The van der Waals surface area contributed by atoms with Crippen molar-refractivity contribution in [2.24, 2.45) is 0 Å². The smallest absolute Gasteiger partial charge is 0.337 e. The number of rotatable bonds is 3. The van der Waals surface area contributed by atoms with Crippen molar-refractivity contribution >= 4 is 28.9 Å². The monoisotopic (exact) mass is 291 g/mol. The van der Waals surface area contributed by atoms with E-state index in [-0.39, 0.29) is 22.9 Å². The molecule has 104 valence electrons. The van der Waals surface area contributed by atoms with Gasteiger partial charge in [-0.15, -0.1) is 11.3 Å². The molecule has 20 heavy (non-hydrogen) atoms. The second-order valence-electron chi connectivity index (χ2n) is 4.34. The van der Waals surface area contributed by atoms with Crippen molar-refractivity contribution in [3.63, 3.8) is 0 Å². The fraction of sp³-hybridized carbons (Fsp3) is 0.143. The van der Waals surface area contributed by atoms with Gasteiger partial charge in [0.15, 0.2) is 0 Å². The molecule has 6 heteroatoms. The molecule has 0 aliphatic rings. The Balaban J connectivity index is 2.30. The van der Waals surface area contributed by atoms with Gasteiger partial charge in [-0.25, -0.2) is 4.79 Å². The lowest BCUT2D eigenvalue weighted by atomic mass is 10.1. The third kappa shape index (κ3) is 2.80. The van der Waals surface area contributed by atoms with Gasteiger partial charge in [-0.3, -0.25) is 4.79 Å². The van der Waals surface area contributed by atoms with Gasteiger partial charge in [-0.05, 0) is 43.7 Å². The minimum Gasteiger partial charge on any atom is -0.508 e. The van der Waals surface area contributed by atoms with E-state index in [0.29, 0.717) is 4.88 Å². The molecule has 0 saturated carbocycles. The second-order valence-corrected chi connectivity index (χ2v) is 5.60. The first-order valence-corrected chi connectivity index (χ1v) is 6.65. The standard InChI is InChI=1S/C14H13NO4S/c1-7-5-12(20-8(7)2)13(17)15-11-4-3-9(16)6-10(11)14(18)19/h3-6,16H,1-2H3,(H,15,17)(H,18,19). The Bertz CT molecular complexity index is 671. The van der Waals surface area contributed by atoms with Gasteiger partial charge in [0.25, 0.3) is 5.91 Å². The van der Waals surface area contributed by atoms with E-state index in [4.69, 9.17) is 5.11 Å². The zero-order chi connectivity index (χ0) is 14.9. The molecule has 2 rings (SSSR count). The average Bonchev–Trinajstić information content (AvgIpc) is 2.71. The lowest BCUT2D eigenvalue weighted by Crippen LogP contribution is -2.13. The van der Waals surface area contributed by atoms with Crippen molar-refractivity contribution in [1.82, 2.24) is 0 Å². The van der Waals surface area contributed by atoms with Crippen molar-refractivity contribution in [3.05, 3.63) is 45.1 Å². The van der Waals surface area contributed by atoms with E-state index in [9.17, 15) is 14.7 Å². The Hall–Kier alpha value is -2.34. The molecule has 0 spiro atoms. The highest BCUT2D eigenvalue weighted by atomic mass is 32.1. The van der Waals surface area contributed by atoms with Gasteiger partial charge in [0, 0.05) is 4.88 Å². The predicted octanol–water partition coefficient (Wildman–Crippen LogP) is 3.02. The molecule has 3 N–H and O–H groups in total.